The lowest BCUT2D eigenvalue weighted by molar-refractivity contribution is 0.101. The molecule has 0 bridgehead atoms. The molecule has 0 saturated carbocycles. The third kappa shape index (κ3) is 3.57. The van der Waals surface area contributed by atoms with Gasteiger partial charge in [0.2, 0.25) is 0 Å². The molecule has 0 spiro atoms. The summed E-state index contributed by atoms with van der Waals surface area (Å²) in [6.45, 7) is 8.85. The average Bonchev–Trinajstić information content (AvgIpc) is 2.14. The van der Waals surface area contributed by atoms with Crippen LogP contribution in [0.3, 0.4) is 0 Å². The molecule has 0 aromatic heterocycles. The molecule has 0 radical (unpaired) electrons. The molecule has 1 rings (SSSR count). The summed E-state index contributed by atoms with van der Waals surface area (Å²) >= 11 is 0. The van der Waals surface area contributed by atoms with E-state index in [1.54, 1.807) is 6.07 Å². The van der Waals surface area contributed by atoms with Gasteiger partial charge < -0.3 is 11.1 Å². The largest absolute Gasteiger partial charge is 0.398 e. The lowest BCUT2D eigenvalue weighted by Crippen LogP contribution is -2.19. The van der Waals surface area contributed by atoms with Gasteiger partial charge in [0, 0.05) is 23.5 Å². The van der Waals surface area contributed by atoms with E-state index >= 15 is 0 Å². The second-order valence-corrected chi connectivity index (χ2v) is 5.27. The molecule has 16 heavy (non-hydrogen) atoms. The van der Waals surface area contributed by atoms with Crippen molar-refractivity contribution in [1.29, 1.82) is 0 Å². The standard InChI is InChI=1S/C13H20N2O/c1-9(16)11-7-10(5-6-12(11)14)15-8-13(2,3)4/h5-7,15H,8,14H2,1-4H3. The number of hydrogen-bond donors (Lipinski definition) is 2. The number of anilines is 2. The Labute approximate surface area is 97.0 Å². The number of nitrogen functional groups attached to an aromatic ring is 1. The van der Waals surface area contributed by atoms with E-state index in [9.17, 15) is 4.79 Å². The molecule has 1 aromatic carbocycles. The number of hydrogen-bond acceptors (Lipinski definition) is 3. The Morgan fingerprint density at radius 1 is 1.38 bits per heavy atom. The normalized spacial score (nSPS) is 11.2. The Balaban J connectivity index is 2.83. The van der Waals surface area contributed by atoms with Gasteiger partial charge in [-0.2, -0.15) is 0 Å². The highest BCUT2D eigenvalue weighted by atomic mass is 16.1. The van der Waals surface area contributed by atoms with Crippen LogP contribution in [0, 0.1) is 5.41 Å². The van der Waals surface area contributed by atoms with Crippen LogP contribution in [-0.4, -0.2) is 12.3 Å². The summed E-state index contributed by atoms with van der Waals surface area (Å²) in [7, 11) is 0. The fraction of sp³-hybridized carbons (Fsp3) is 0.462. The molecule has 0 atom stereocenters. The second-order valence-electron chi connectivity index (χ2n) is 5.27. The van der Waals surface area contributed by atoms with Crippen molar-refractivity contribution in [1.82, 2.24) is 0 Å². The number of benzene rings is 1. The fourth-order valence-corrected chi connectivity index (χ4v) is 1.34. The lowest BCUT2D eigenvalue weighted by Gasteiger charge is -2.20. The number of ketones is 1. The van der Waals surface area contributed by atoms with Crippen molar-refractivity contribution in [2.45, 2.75) is 27.7 Å². The first kappa shape index (κ1) is 12.6. The van der Waals surface area contributed by atoms with Crippen LogP contribution in [0.4, 0.5) is 11.4 Å². The van der Waals surface area contributed by atoms with Crippen molar-refractivity contribution in [3.8, 4) is 0 Å². The molecule has 0 unspecified atom stereocenters. The molecule has 88 valence electrons. The van der Waals surface area contributed by atoms with Crippen LogP contribution in [0.25, 0.3) is 0 Å². The van der Waals surface area contributed by atoms with Crippen molar-refractivity contribution < 1.29 is 4.79 Å². The van der Waals surface area contributed by atoms with Crippen LogP contribution < -0.4 is 11.1 Å². The highest BCUT2D eigenvalue weighted by Gasteiger charge is 2.10. The number of carbonyl (C=O) groups excluding carboxylic acids is 1. The van der Waals surface area contributed by atoms with Crippen LogP contribution in [0.5, 0.6) is 0 Å². The third-order valence-electron chi connectivity index (χ3n) is 2.26. The molecule has 3 N–H and O–H groups in total. The summed E-state index contributed by atoms with van der Waals surface area (Å²) < 4.78 is 0. The van der Waals surface area contributed by atoms with E-state index in [0.717, 1.165) is 12.2 Å². The van der Waals surface area contributed by atoms with Crippen molar-refractivity contribution in [2.75, 3.05) is 17.6 Å². The van der Waals surface area contributed by atoms with E-state index in [0.29, 0.717) is 11.3 Å². The van der Waals surface area contributed by atoms with Gasteiger partial charge in [-0.1, -0.05) is 20.8 Å². The maximum Gasteiger partial charge on any atom is 0.161 e. The van der Waals surface area contributed by atoms with Crippen molar-refractivity contribution in [2.24, 2.45) is 5.41 Å². The highest BCUT2D eigenvalue weighted by molar-refractivity contribution is 5.99. The molecule has 0 aliphatic heterocycles. The number of rotatable bonds is 3. The van der Waals surface area contributed by atoms with Crippen LogP contribution >= 0.6 is 0 Å². The minimum absolute atomic E-state index is 0.00286. The van der Waals surface area contributed by atoms with Gasteiger partial charge in [-0.25, -0.2) is 0 Å². The maximum absolute atomic E-state index is 11.3. The molecule has 0 saturated heterocycles. The van der Waals surface area contributed by atoms with Crippen LogP contribution in [0.15, 0.2) is 18.2 Å². The Hall–Kier alpha value is -1.51. The van der Waals surface area contributed by atoms with Crippen molar-refractivity contribution in [3.05, 3.63) is 23.8 Å². The van der Waals surface area contributed by atoms with Gasteiger partial charge in [0.25, 0.3) is 0 Å². The van der Waals surface area contributed by atoms with Crippen LogP contribution in [0.1, 0.15) is 38.1 Å². The molecule has 0 heterocycles. The quantitative estimate of drug-likeness (QED) is 0.608. The number of carbonyl (C=O) groups is 1. The maximum atomic E-state index is 11.3. The van der Waals surface area contributed by atoms with Crippen molar-refractivity contribution >= 4 is 17.2 Å². The number of Topliss-reactive ketones (excluding diaryl/α,β-unsaturated/α-hetero) is 1. The highest BCUT2D eigenvalue weighted by Crippen LogP contribution is 2.20. The summed E-state index contributed by atoms with van der Waals surface area (Å²) in [5, 5.41) is 3.30. The second kappa shape index (κ2) is 4.56. The van der Waals surface area contributed by atoms with Crippen LogP contribution in [-0.2, 0) is 0 Å². The minimum atomic E-state index is -0.00286. The Morgan fingerprint density at radius 2 is 2.00 bits per heavy atom. The summed E-state index contributed by atoms with van der Waals surface area (Å²) in [6.07, 6.45) is 0. The van der Waals surface area contributed by atoms with Gasteiger partial charge in [-0.15, -0.1) is 0 Å². The molecule has 0 aliphatic rings. The van der Waals surface area contributed by atoms with Gasteiger partial charge in [0.05, 0.1) is 0 Å². The monoisotopic (exact) mass is 220 g/mol. The summed E-state index contributed by atoms with van der Waals surface area (Å²) in [6, 6.07) is 5.47. The van der Waals surface area contributed by atoms with Gasteiger partial charge in [0.1, 0.15) is 0 Å². The van der Waals surface area contributed by atoms with Crippen molar-refractivity contribution in [3.63, 3.8) is 0 Å². The molecule has 3 heteroatoms. The zero-order valence-electron chi connectivity index (χ0n) is 10.4. The molecule has 0 aliphatic carbocycles. The fourth-order valence-electron chi connectivity index (χ4n) is 1.34. The number of nitrogens with one attached hydrogen (secondary N) is 1. The van der Waals surface area contributed by atoms with Crippen LogP contribution in [0.2, 0.25) is 0 Å². The lowest BCUT2D eigenvalue weighted by atomic mass is 9.97. The van der Waals surface area contributed by atoms with Gasteiger partial charge in [-0.3, -0.25) is 4.79 Å². The topological polar surface area (TPSA) is 55.1 Å². The Kier molecular flexibility index (Phi) is 3.58. The smallest absolute Gasteiger partial charge is 0.161 e. The van der Waals surface area contributed by atoms with E-state index in [1.807, 2.05) is 12.1 Å². The first-order valence-corrected chi connectivity index (χ1v) is 5.44. The summed E-state index contributed by atoms with van der Waals surface area (Å²) in [5.41, 5.74) is 7.99. The first-order valence-electron chi connectivity index (χ1n) is 5.44. The van der Waals surface area contributed by atoms with E-state index in [1.165, 1.54) is 6.92 Å². The van der Waals surface area contributed by atoms with E-state index < -0.39 is 0 Å². The average molecular weight is 220 g/mol. The molecular formula is C13H20N2O. The summed E-state index contributed by atoms with van der Waals surface area (Å²) in [5.74, 6) is -0.00286. The number of nitrogens with two attached hydrogens (primary N) is 1. The SMILES string of the molecule is CC(=O)c1cc(NCC(C)(C)C)ccc1N. The minimum Gasteiger partial charge on any atom is -0.398 e. The Bertz CT molecular complexity index is 391. The zero-order valence-corrected chi connectivity index (χ0v) is 10.4. The van der Waals surface area contributed by atoms with E-state index in [2.05, 4.69) is 26.1 Å². The first-order chi connectivity index (χ1) is 7.29. The van der Waals surface area contributed by atoms with E-state index in [4.69, 9.17) is 5.73 Å². The van der Waals surface area contributed by atoms with Gasteiger partial charge in [-0.05, 0) is 30.5 Å². The predicted octanol–water partition coefficient (Wildman–Crippen LogP) is 2.93. The molecule has 3 nitrogen and oxygen atoms in total. The van der Waals surface area contributed by atoms with Gasteiger partial charge in [0.15, 0.2) is 5.78 Å². The van der Waals surface area contributed by atoms with Gasteiger partial charge >= 0.3 is 0 Å². The third-order valence-corrected chi connectivity index (χ3v) is 2.26. The van der Waals surface area contributed by atoms with E-state index in [-0.39, 0.29) is 11.2 Å². The molecule has 0 fully saturated rings. The molecular weight excluding hydrogens is 200 g/mol. The zero-order chi connectivity index (χ0) is 12.3. The Morgan fingerprint density at radius 3 is 2.50 bits per heavy atom. The summed E-state index contributed by atoms with van der Waals surface area (Å²) in [4.78, 5) is 11.3. The molecule has 0 amide bonds. The molecule has 1 aromatic rings. The predicted molar refractivity (Wildman–Crippen MR) is 68.8 cm³/mol.